The number of hydrogen-bond donors (Lipinski definition) is 7. The summed E-state index contributed by atoms with van der Waals surface area (Å²) in [6.45, 7) is 5.99. The SMILES string of the molecule is CN(C)[C@@H]1C(=O)C(C(N)=O)=C(O)[C@@]2(O)C(=O)C3=C(O)c4c(O)cc(CN[C@H](CO)C(C)(C)C)c(Cl)c4C[C@H]3C[C@@H]12. The fraction of sp³-hybridized carbons (Fsp3) is 0.536. The summed E-state index contributed by atoms with van der Waals surface area (Å²) in [4.78, 5) is 40.6. The van der Waals surface area contributed by atoms with Crippen LogP contribution in [-0.2, 0) is 27.3 Å². The minimum Gasteiger partial charge on any atom is -0.508 e. The molecule has 0 aromatic heterocycles. The van der Waals surface area contributed by atoms with Crippen molar-refractivity contribution >= 4 is 34.8 Å². The van der Waals surface area contributed by atoms with Gasteiger partial charge in [0.2, 0.25) is 5.78 Å². The van der Waals surface area contributed by atoms with E-state index in [0.717, 1.165) is 0 Å². The molecule has 3 aliphatic rings. The van der Waals surface area contributed by atoms with Gasteiger partial charge in [-0.25, -0.2) is 0 Å². The van der Waals surface area contributed by atoms with Crippen LogP contribution in [0.3, 0.4) is 0 Å². The lowest BCUT2D eigenvalue weighted by molar-refractivity contribution is -0.153. The normalized spacial score (nSPS) is 27.5. The van der Waals surface area contributed by atoms with Crippen LogP contribution >= 0.6 is 11.6 Å². The van der Waals surface area contributed by atoms with Crippen LogP contribution in [0.2, 0.25) is 5.02 Å². The predicted octanol–water partition coefficient (Wildman–Crippen LogP) is 1.11. The first-order valence-corrected chi connectivity index (χ1v) is 13.4. The highest BCUT2D eigenvalue weighted by atomic mass is 35.5. The quantitative estimate of drug-likeness (QED) is 0.241. The number of amides is 1. The lowest BCUT2D eigenvalue weighted by Crippen LogP contribution is -2.65. The molecule has 4 rings (SSSR count). The molecule has 1 aromatic carbocycles. The highest BCUT2D eigenvalue weighted by molar-refractivity contribution is 6.32. The lowest BCUT2D eigenvalue weighted by atomic mass is 9.57. The molecule has 1 saturated carbocycles. The number of phenolic OH excluding ortho intramolecular Hbond substituents is 1. The molecule has 0 radical (unpaired) electrons. The van der Waals surface area contributed by atoms with Crippen LogP contribution in [-0.4, -0.2) is 86.3 Å². The average molecular weight is 578 g/mol. The van der Waals surface area contributed by atoms with Gasteiger partial charge in [0.25, 0.3) is 5.91 Å². The molecule has 12 heteroatoms. The van der Waals surface area contributed by atoms with Gasteiger partial charge in [-0.3, -0.25) is 19.3 Å². The number of rotatable bonds is 6. The molecule has 1 amide bonds. The zero-order valence-corrected chi connectivity index (χ0v) is 23.8. The summed E-state index contributed by atoms with van der Waals surface area (Å²) >= 11 is 6.77. The van der Waals surface area contributed by atoms with Gasteiger partial charge in [-0.1, -0.05) is 32.4 Å². The maximum Gasteiger partial charge on any atom is 0.255 e. The molecule has 0 heterocycles. The molecule has 0 saturated heterocycles. The Kier molecular flexibility index (Phi) is 7.61. The van der Waals surface area contributed by atoms with Crippen molar-refractivity contribution in [3.05, 3.63) is 44.7 Å². The van der Waals surface area contributed by atoms with Crippen LogP contribution in [0.5, 0.6) is 5.75 Å². The van der Waals surface area contributed by atoms with Crippen LogP contribution in [0.4, 0.5) is 0 Å². The molecule has 8 N–H and O–H groups in total. The maximum atomic E-state index is 13.9. The van der Waals surface area contributed by atoms with Crippen molar-refractivity contribution in [2.75, 3.05) is 20.7 Å². The first kappa shape index (κ1) is 30.0. The minimum atomic E-state index is -2.69. The molecule has 0 spiro atoms. The zero-order chi connectivity index (χ0) is 30.1. The number of likely N-dealkylation sites (N-methyl/N-ethyl adjacent to an activating group) is 1. The molecule has 11 nitrogen and oxygen atoms in total. The summed E-state index contributed by atoms with van der Waals surface area (Å²) in [7, 11) is 3.08. The van der Waals surface area contributed by atoms with Crippen LogP contribution < -0.4 is 11.1 Å². The molecule has 3 aliphatic carbocycles. The summed E-state index contributed by atoms with van der Waals surface area (Å²) in [6, 6.07) is -0.0744. The standard InChI is InChI=1S/C28H36ClN3O8/c1-27(2,3)16(10-33)31-9-12-8-15(34)18-13(20(12)29)6-11-7-14-21(32(4)5)23(36)19(26(30)39)25(38)28(14,40)24(37)17(11)22(18)35/h8,11,14,16,21,31,33-35,38,40H,6-7,9-10H2,1-5H3,(H2,30,39)/t11-,14-,16+,21-,28-/m0/s1. The van der Waals surface area contributed by atoms with E-state index in [1.807, 2.05) is 20.8 Å². The molecular weight excluding hydrogens is 542 g/mol. The number of aliphatic hydroxyl groups is 4. The van der Waals surface area contributed by atoms with E-state index in [1.54, 1.807) is 14.1 Å². The van der Waals surface area contributed by atoms with Gasteiger partial charge >= 0.3 is 0 Å². The molecular formula is C28H36ClN3O8. The minimum absolute atomic E-state index is 0.0259. The van der Waals surface area contributed by atoms with E-state index < -0.39 is 58.0 Å². The second kappa shape index (κ2) is 10.1. The Morgan fingerprint density at radius 3 is 2.40 bits per heavy atom. The number of hydrogen-bond acceptors (Lipinski definition) is 10. The van der Waals surface area contributed by atoms with Crippen LogP contribution in [0.1, 0.15) is 43.9 Å². The first-order valence-electron chi connectivity index (χ1n) is 13.0. The van der Waals surface area contributed by atoms with Crippen LogP contribution in [0, 0.1) is 17.3 Å². The number of primary amides is 1. The number of ketones is 2. The van der Waals surface area contributed by atoms with E-state index in [0.29, 0.717) is 11.1 Å². The van der Waals surface area contributed by atoms with Gasteiger partial charge in [-0.2, -0.15) is 0 Å². The maximum absolute atomic E-state index is 13.9. The van der Waals surface area contributed by atoms with E-state index in [9.17, 15) is 39.9 Å². The molecule has 1 fully saturated rings. The Morgan fingerprint density at radius 1 is 1.25 bits per heavy atom. The number of nitrogens with two attached hydrogens (primary N) is 1. The molecule has 218 valence electrons. The lowest BCUT2D eigenvalue weighted by Gasteiger charge is -2.50. The number of fused-ring (bicyclic) bond motifs is 3. The number of Topliss-reactive ketones (excluding diaryl/α,β-unsaturated/α-hetero) is 2. The summed E-state index contributed by atoms with van der Waals surface area (Å²) < 4.78 is 0. The van der Waals surface area contributed by atoms with Gasteiger partial charge in [0, 0.05) is 29.1 Å². The molecule has 40 heavy (non-hydrogen) atoms. The van der Waals surface area contributed by atoms with Gasteiger partial charge in [-0.15, -0.1) is 0 Å². The fourth-order valence-corrected chi connectivity index (χ4v) is 6.65. The topological polar surface area (TPSA) is 194 Å². The largest absolute Gasteiger partial charge is 0.508 e. The van der Waals surface area contributed by atoms with E-state index in [-0.39, 0.29) is 59.4 Å². The van der Waals surface area contributed by atoms with Crippen molar-refractivity contribution in [3.8, 4) is 5.75 Å². The highest BCUT2D eigenvalue weighted by Gasteiger charge is 2.64. The number of carbonyl (C=O) groups excluding carboxylic acids is 3. The van der Waals surface area contributed by atoms with Gasteiger partial charge < -0.3 is 36.6 Å². The smallest absolute Gasteiger partial charge is 0.255 e. The van der Waals surface area contributed by atoms with E-state index >= 15 is 0 Å². The summed E-state index contributed by atoms with van der Waals surface area (Å²) in [5.74, 6) is -7.15. The van der Waals surface area contributed by atoms with Crippen molar-refractivity contribution in [1.29, 1.82) is 0 Å². The molecule has 1 aromatic rings. The number of nitrogens with zero attached hydrogens (tertiary/aromatic N) is 1. The Bertz CT molecular complexity index is 1360. The number of nitrogens with one attached hydrogen (secondary N) is 1. The number of aliphatic hydroxyl groups excluding tert-OH is 3. The fourth-order valence-electron chi connectivity index (χ4n) is 6.35. The van der Waals surface area contributed by atoms with E-state index in [4.69, 9.17) is 17.3 Å². The van der Waals surface area contributed by atoms with Crippen LogP contribution in [0.15, 0.2) is 23.0 Å². The monoisotopic (exact) mass is 577 g/mol. The third-order valence-electron chi connectivity index (χ3n) is 8.50. The molecule has 0 bridgehead atoms. The van der Waals surface area contributed by atoms with Gasteiger partial charge in [0.15, 0.2) is 11.4 Å². The Hall–Kier alpha value is -2.96. The number of halogens is 1. The molecule has 5 atom stereocenters. The summed E-state index contributed by atoms with van der Waals surface area (Å²) in [6.07, 6.45) is 0.0689. The summed E-state index contributed by atoms with van der Waals surface area (Å²) in [5, 5.41) is 58.1. The van der Waals surface area contributed by atoms with E-state index in [2.05, 4.69) is 5.32 Å². The van der Waals surface area contributed by atoms with Crippen molar-refractivity contribution in [2.24, 2.45) is 23.0 Å². The van der Waals surface area contributed by atoms with Gasteiger partial charge in [0.05, 0.1) is 18.2 Å². The predicted molar refractivity (Wildman–Crippen MR) is 146 cm³/mol. The van der Waals surface area contributed by atoms with E-state index in [1.165, 1.54) is 11.0 Å². The number of aromatic hydroxyl groups is 1. The Morgan fingerprint density at radius 2 is 1.88 bits per heavy atom. The van der Waals surface area contributed by atoms with Crippen molar-refractivity contribution in [1.82, 2.24) is 10.2 Å². The molecule has 0 unspecified atom stereocenters. The third kappa shape index (κ3) is 4.40. The Balaban J connectivity index is 1.84. The van der Waals surface area contributed by atoms with Crippen molar-refractivity contribution < 1.29 is 39.9 Å². The number of carbonyl (C=O) groups is 3. The van der Waals surface area contributed by atoms with Crippen molar-refractivity contribution in [2.45, 2.75) is 57.8 Å². The Labute approximate surface area is 236 Å². The molecule has 0 aliphatic heterocycles. The third-order valence-corrected chi connectivity index (χ3v) is 8.97. The highest BCUT2D eigenvalue weighted by Crippen LogP contribution is 2.53. The second-order valence-corrected chi connectivity index (χ2v) is 12.5. The number of phenols is 1. The zero-order valence-electron chi connectivity index (χ0n) is 23.1. The van der Waals surface area contributed by atoms with Gasteiger partial charge in [0.1, 0.15) is 22.8 Å². The number of benzene rings is 1. The van der Waals surface area contributed by atoms with Crippen LogP contribution in [0.25, 0.3) is 5.76 Å². The first-order chi connectivity index (χ1) is 18.5. The summed E-state index contributed by atoms with van der Waals surface area (Å²) in [5.41, 5.74) is 2.12. The van der Waals surface area contributed by atoms with Crippen molar-refractivity contribution in [3.63, 3.8) is 0 Å². The second-order valence-electron chi connectivity index (χ2n) is 12.2. The van der Waals surface area contributed by atoms with Gasteiger partial charge in [-0.05, 0) is 55.5 Å². The average Bonchev–Trinajstić information content (AvgIpc) is 2.83.